The van der Waals surface area contributed by atoms with E-state index in [0.29, 0.717) is 35.2 Å². The Morgan fingerprint density at radius 1 is 1.41 bits per heavy atom. The number of rotatable bonds is 6. The first-order chi connectivity index (χ1) is 13.0. The molecule has 0 radical (unpaired) electrons. The second kappa shape index (κ2) is 7.03. The summed E-state index contributed by atoms with van der Waals surface area (Å²) in [6.07, 6.45) is 2.33. The molecule has 142 valence electrons. The van der Waals surface area contributed by atoms with Crippen molar-refractivity contribution in [1.29, 1.82) is 5.26 Å². The molecule has 2 heterocycles. The Kier molecular flexibility index (Phi) is 4.72. The fraction of sp³-hybridized carbons (Fsp3) is 0.500. The quantitative estimate of drug-likeness (QED) is 0.745. The first-order valence-electron chi connectivity index (χ1n) is 8.85. The molecule has 4 rings (SSSR count). The number of methoxy groups -OCH3 is 1. The van der Waals surface area contributed by atoms with Crippen molar-refractivity contribution in [3.63, 3.8) is 0 Å². The maximum Gasteiger partial charge on any atom is 0.245 e. The third kappa shape index (κ3) is 3.74. The van der Waals surface area contributed by atoms with E-state index in [4.69, 9.17) is 14.5 Å². The lowest BCUT2D eigenvalue weighted by molar-refractivity contribution is 0.114. The molecule has 1 aromatic carbocycles. The molecule has 1 saturated heterocycles. The molecule has 0 unspecified atom stereocenters. The van der Waals surface area contributed by atoms with Crippen LogP contribution in [0.3, 0.4) is 0 Å². The molecule has 1 aliphatic carbocycles. The Labute approximate surface area is 157 Å². The van der Waals surface area contributed by atoms with E-state index in [1.54, 1.807) is 31.4 Å². The van der Waals surface area contributed by atoms with Gasteiger partial charge in [0, 0.05) is 26.0 Å². The van der Waals surface area contributed by atoms with Crippen LogP contribution in [0.1, 0.15) is 54.1 Å². The van der Waals surface area contributed by atoms with Gasteiger partial charge in [0.05, 0.1) is 23.5 Å². The molecular formula is C18H20N4O4S. The van der Waals surface area contributed by atoms with E-state index in [0.717, 1.165) is 12.8 Å². The molecule has 27 heavy (non-hydrogen) atoms. The van der Waals surface area contributed by atoms with E-state index in [9.17, 15) is 8.42 Å². The van der Waals surface area contributed by atoms with Crippen LogP contribution in [-0.2, 0) is 20.5 Å². The van der Waals surface area contributed by atoms with Gasteiger partial charge >= 0.3 is 0 Å². The number of hydrogen-bond donors (Lipinski definition) is 0. The smallest absolute Gasteiger partial charge is 0.245 e. The normalized spacial score (nSPS) is 23.4. The first kappa shape index (κ1) is 18.1. The Morgan fingerprint density at radius 3 is 2.93 bits per heavy atom. The van der Waals surface area contributed by atoms with Gasteiger partial charge in [0.2, 0.25) is 15.9 Å². The van der Waals surface area contributed by atoms with Gasteiger partial charge < -0.3 is 9.26 Å². The lowest BCUT2D eigenvalue weighted by Crippen LogP contribution is -2.33. The van der Waals surface area contributed by atoms with Crippen molar-refractivity contribution < 1.29 is 17.7 Å². The molecular weight excluding hydrogens is 368 g/mol. The van der Waals surface area contributed by atoms with Gasteiger partial charge in [-0.15, -0.1) is 0 Å². The Morgan fingerprint density at radius 2 is 2.22 bits per heavy atom. The number of aromatic nitrogens is 2. The van der Waals surface area contributed by atoms with E-state index in [2.05, 4.69) is 10.1 Å². The summed E-state index contributed by atoms with van der Waals surface area (Å²) in [5, 5.41) is 13.0. The molecule has 0 N–H and O–H groups in total. The maximum absolute atomic E-state index is 13.1. The van der Waals surface area contributed by atoms with Gasteiger partial charge in [-0.3, -0.25) is 0 Å². The largest absolute Gasteiger partial charge is 0.380 e. The van der Waals surface area contributed by atoms with E-state index in [1.807, 2.05) is 6.07 Å². The van der Waals surface area contributed by atoms with Gasteiger partial charge in [-0.2, -0.15) is 14.6 Å². The van der Waals surface area contributed by atoms with Crippen molar-refractivity contribution in [3.05, 3.63) is 47.1 Å². The summed E-state index contributed by atoms with van der Waals surface area (Å²) in [6, 6.07) is 8.13. The lowest BCUT2D eigenvalue weighted by atomic mass is 10.2. The molecule has 1 saturated carbocycles. The van der Waals surface area contributed by atoms with Crippen LogP contribution in [0.15, 0.2) is 28.8 Å². The van der Waals surface area contributed by atoms with E-state index < -0.39 is 16.1 Å². The number of sulfonamides is 1. The minimum absolute atomic E-state index is 0.195. The van der Waals surface area contributed by atoms with Crippen LogP contribution in [0, 0.1) is 11.3 Å². The summed E-state index contributed by atoms with van der Waals surface area (Å²) < 4.78 is 38.4. The second-order valence-corrected chi connectivity index (χ2v) is 8.93. The fourth-order valence-electron chi connectivity index (χ4n) is 3.39. The van der Waals surface area contributed by atoms with Crippen molar-refractivity contribution >= 4 is 10.0 Å². The van der Waals surface area contributed by atoms with E-state index in [-0.39, 0.29) is 18.4 Å². The Hall–Kier alpha value is -2.28. The average Bonchev–Trinajstić information content (AvgIpc) is 3.22. The molecule has 2 fully saturated rings. The monoisotopic (exact) mass is 388 g/mol. The van der Waals surface area contributed by atoms with Crippen LogP contribution < -0.4 is 0 Å². The highest BCUT2D eigenvalue weighted by molar-refractivity contribution is 7.88. The second-order valence-electron chi connectivity index (χ2n) is 7.01. The standard InChI is InChI=1S/C18H20N4O4S/c1-25-15-8-16(18-20-17(21-26-18)14-5-6-14)22(10-15)27(23,24)11-13-4-2-3-12(7-13)9-19/h2-4,7,14-16H,5-6,8,10-11H2,1H3/t15-,16+/m0/s1. The van der Waals surface area contributed by atoms with Crippen molar-refractivity contribution in [2.24, 2.45) is 0 Å². The molecule has 2 atom stereocenters. The SMILES string of the molecule is CO[C@H]1C[C@H](c2nc(C3CC3)no2)N(S(=O)(=O)Cc2cccc(C#N)c2)C1. The predicted molar refractivity (Wildman–Crippen MR) is 94.9 cm³/mol. The predicted octanol–water partition coefficient (Wildman–Crippen LogP) is 2.11. The van der Waals surface area contributed by atoms with Crippen molar-refractivity contribution in [2.45, 2.75) is 43.1 Å². The third-order valence-electron chi connectivity index (χ3n) is 5.00. The molecule has 9 heteroatoms. The number of nitriles is 1. The average molecular weight is 388 g/mol. The van der Waals surface area contributed by atoms with Crippen LogP contribution in [-0.4, -0.2) is 42.6 Å². The molecule has 1 aliphatic heterocycles. The zero-order chi connectivity index (χ0) is 19.0. The summed E-state index contributed by atoms with van der Waals surface area (Å²) in [7, 11) is -2.09. The first-order valence-corrected chi connectivity index (χ1v) is 10.5. The number of ether oxygens (including phenoxy) is 1. The molecule has 1 aromatic heterocycles. The molecule has 8 nitrogen and oxygen atoms in total. The third-order valence-corrected chi connectivity index (χ3v) is 6.81. The van der Waals surface area contributed by atoms with Crippen LogP contribution >= 0.6 is 0 Å². The number of hydrogen-bond acceptors (Lipinski definition) is 7. The number of benzene rings is 1. The van der Waals surface area contributed by atoms with Crippen molar-refractivity contribution in [1.82, 2.24) is 14.4 Å². The summed E-state index contributed by atoms with van der Waals surface area (Å²) in [4.78, 5) is 4.44. The molecule has 0 bridgehead atoms. The molecule has 2 aromatic rings. The fourth-order valence-corrected chi connectivity index (χ4v) is 5.11. The Balaban J connectivity index is 1.60. The van der Waals surface area contributed by atoms with E-state index in [1.165, 1.54) is 4.31 Å². The highest BCUT2D eigenvalue weighted by Gasteiger charge is 2.44. The maximum atomic E-state index is 13.1. The van der Waals surface area contributed by atoms with E-state index >= 15 is 0 Å². The van der Waals surface area contributed by atoms with Crippen LogP contribution in [0.25, 0.3) is 0 Å². The number of nitrogens with zero attached hydrogens (tertiary/aromatic N) is 4. The highest BCUT2D eigenvalue weighted by atomic mass is 32.2. The van der Waals surface area contributed by atoms with Crippen molar-refractivity contribution in [3.8, 4) is 6.07 Å². The lowest BCUT2D eigenvalue weighted by Gasteiger charge is -2.21. The highest BCUT2D eigenvalue weighted by Crippen LogP contribution is 2.40. The topological polar surface area (TPSA) is 109 Å². The molecule has 0 spiro atoms. The summed E-state index contributed by atoms with van der Waals surface area (Å²) in [5.41, 5.74) is 0.999. The van der Waals surface area contributed by atoms with Crippen molar-refractivity contribution in [2.75, 3.05) is 13.7 Å². The van der Waals surface area contributed by atoms with Gasteiger partial charge in [-0.05, 0) is 30.5 Å². The van der Waals surface area contributed by atoms with Crippen LogP contribution in [0.2, 0.25) is 0 Å². The zero-order valence-corrected chi connectivity index (χ0v) is 15.7. The Bertz CT molecular complexity index is 977. The molecule has 0 amide bonds. The van der Waals surface area contributed by atoms with Gasteiger partial charge in [-0.25, -0.2) is 8.42 Å². The van der Waals surface area contributed by atoms with Crippen LogP contribution in [0.4, 0.5) is 0 Å². The summed E-state index contributed by atoms with van der Waals surface area (Å²) in [5.74, 6) is 1.12. The summed E-state index contributed by atoms with van der Waals surface area (Å²) >= 11 is 0. The van der Waals surface area contributed by atoms with Gasteiger partial charge in [0.25, 0.3) is 0 Å². The minimum Gasteiger partial charge on any atom is -0.380 e. The summed E-state index contributed by atoms with van der Waals surface area (Å²) in [6.45, 7) is 0.239. The zero-order valence-electron chi connectivity index (χ0n) is 14.9. The molecule has 2 aliphatic rings. The van der Waals surface area contributed by atoms with Crippen LogP contribution in [0.5, 0.6) is 0 Å². The van der Waals surface area contributed by atoms with Gasteiger partial charge in [-0.1, -0.05) is 17.3 Å². The van der Waals surface area contributed by atoms with Gasteiger partial charge in [0.1, 0.15) is 6.04 Å². The minimum atomic E-state index is -3.66. The van der Waals surface area contributed by atoms with Gasteiger partial charge in [0.15, 0.2) is 5.82 Å².